The zero-order valence-corrected chi connectivity index (χ0v) is 16.7. The number of phenols is 1. The zero-order chi connectivity index (χ0) is 20.8. The number of nitro benzene ring substituents is 1. The number of benzene rings is 2. The minimum atomic E-state index is -0.666. The van der Waals surface area contributed by atoms with Gasteiger partial charge < -0.3 is 9.84 Å². The molecule has 0 fully saturated rings. The molecule has 10 heteroatoms. The highest BCUT2D eigenvalue weighted by Crippen LogP contribution is 2.36. The second kappa shape index (κ2) is 9.20. The molecular weight excluding hydrogens is 394 g/mol. The lowest BCUT2D eigenvalue weighted by Gasteiger charge is -2.07. The molecular formula is C19H19N5O4S. The van der Waals surface area contributed by atoms with Crippen LogP contribution >= 0.6 is 11.8 Å². The van der Waals surface area contributed by atoms with E-state index in [0.717, 1.165) is 5.56 Å². The maximum absolute atomic E-state index is 11.2. The fraction of sp³-hybridized carbons (Fsp3) is 0.211. The average Bonchev–Trinajstić information content (AvgIpc) is 3.07. The van der Waals surface area contributed by atoms with Crippen LogP contribution in [0.5, 0.6) is 11.5 Å². The van der Waals surface area contributed by atoms with Crippen LogP contribution in [0, 0.1) is 17.0 Å². The minimum absolute atomic E-state index is 0.0299. The highest BCUT2D eigenvalue weighted by atomic mass is 32.2. The quantitative estimate of drug-likeness (QED) is 0.259. The second-order valence-electron chi connectivity index (χ2n) is 5.94. The molecule has 2 aromatic carbocycles. The van der Waals surface area contributed by atoms with E-state index in [1.807, 2.05) is 30.3 Å². The molecule has 1 aromatic heterocycles. The Labute approximate surface area is 171 Å². The Morgan fingerprint density at radius 1 is 1.31 bits per heavy atom. The predicted molar refractivity (Wildman–Crippen MR) is 110 cm³/mol. The summed E-state index contributed by atoms with van der Waals surface area (Å²) in [6.07, 6.45) is 1.44. The van der Waals surface area contributed by atoms with Crippen molar-refractivity contribution < 1.29 is 14.8 Å². The maximum atomic E-state index is 11.2. The van der Waals surface area contributed by atoms with Crippen LogP contribution < -0.4 is 4.74 Å². The van der Waals surface area contributed by atoms with E-state index >= 15 is 0 Å². The monoisotopic (exact) mass is 413 g/mol. The first kappa shape index (κ1) is 20.3. The minimum Gasteiger partial charge on any atom is -0.500 e. The fourth-order valence-corrected chi connectivity index (χ4v) is 3.39. The summed E-state index contributed by atoms with van der Waals surface area (Å²) in [5, 5.41) is 34.4. The molecule has 9 nitrogen and oxygen atoms in total. The van der Waals surface area contributed by atoms with Gasteiger partial charge in [0.05, 0.1) is 17.7 Å². The van der Waals surface area contributed by atoms with E-state index < -0.39 is 16.4 Å². The lowest BCUT2D eigenvalue weighted by atomic mass is 10.2. The number of thioether (sulfide) groups is 1. The number of hydrogen-bond donors (Lipinski definition) is 1. The number of aryl methyl sites for hydroxylation is 1. The molecule has 3 aromatic rings. The number of nitrogens with zero attached hydrogens (tertiary/aromatic N) is 5. The number of phenolic OH excluding ortho intramolecular Hbond substituents is 1. The van der Waals surface area contributed by atoms with Crippen molar-refractivity contribution in [3.05, 3.63) is 69.5 Å². The van der Waals surface area contributed by atoms with Gasteiger partial charge in [-0.15, -0.1) is 10.2 Å². The van der Waals surface area contributed by atoms with E-state index in [0.29, 0.717) is 22.3 Å². The number of hydrogen-bond acceptors (Lipinski definition) is 8. The summed E-state index contributed by atoms with van der Waals surface area (Å²) in [6.45, 7) is 3.75. The van der Waals surface area contributed by atoms with E-state index in [4.69, 9.17) is 4.74 Å². The van der Waals surface area contributed by atoms with Crippen LogP contribution in [-0.2, 0) is 5.75 Å². The Kier molecular flexibility index (Phi) is 6.45. The van der Waals surface area contributed by atoms with Gasteiger partial charge in [-0.3, -0.25) is 10.1 Å². The largest absolute Gasteiger partial charge is 0.500 e. The third-order valence-corrected chi connectivity index (χ3v) is 4.87. The highest BCUT2D eigenvalue weighted by Gasteiger charge is 2.20. The van der Waals surface area contributed by atoms with Gasteiger partial charge in [0.1, 0.15) is 0 Å². The van der Waals surface area contributed by atoms with Crippen molar-refractivity contribution >= 4 is 23.7 Å². The van der Waals surface area contributed by atoms with Crippen molar-refractivity contribution in [2.24, 2.45) is 5.10 Å². The number of aromatic nitrogens is 3. The topological polar surface area (TPSA) is 116 Å². The van der Waals surface area contributed by atoms with Crippen molar-refractivity contribution in [1.29, 1.82) is 0 Å². The van der Waals surface area contributed by atoms with Crippen LogP contribution in [0.1, 0.15) is 23.9 Å². The first-order chi connectivity index (χ1) is 14.0. The maximum Gasteiger partial charge on any atom is 0.315 e. The number of ether oxygens (including phenoxy) is 1. The Morgan fingerprint density at radius 3 is 2.76 bits per heavy atom. The van der Waals surface area contributed by atoms with Crippen molar-refractivity contribution in [3.63, 3.8) is 0 Å². The van der Waals surface area contributed by atoms with Gasteiger partial charge in [-0.1, -0.05) is 42.1 Å². The van der Waals surface area contributed by atoms with Crippen LogP contribution in [0.4, 0.5) is 5.69 Å². The molecule has 3 rings (SSSR count). The van der Waals surface area contributed by atoms with E-state index in [1.165, 1.54) is 30.1 Å². The van der Waals surface area contributed by atoms with Crippen molar-refractivity contribution in [3.8, 4) is 11.5 Å². The van der Waals surface area contributed by atoms with E-state index in [2.05, 4.69) is 15.3 Å². The van der Waals surface area contributed by atoms with Gasteiger partial charge in [0, 0.05) is 17.4 Å². The van der Waals surface area contributed by atoms with Crippen molar-refractivity contribution in [2.75, 3.05) is 6.61 Å². The Morgan fingerprint density at radius 2 is 2.07 bits per heavy atom. The molecule has 1 heterocycles. The van der Waals surface area contributed by atoms with E-state index in [1.54, 1.807) is 18.5 Å². The molecule has 0 bridgehead atoms. The predicted octanol–water partition coefficient (Wildman–Crippen LogP) is 3.77. The smallest absolute Gasteiger partial charge is 0.315 e. The molecule has 0 aliphatic heterocycles. The van der Waals surface area contributed by atoms with Crippen LogP contribution in [-0.4, -0.2) is 37.7 Å². The van der Waals surface area contributed by atoms with Crippen molar-refractivity contribution in [2.45, 2.75) is 24.8 Å². The summed E-state index contributed by atoms with van der Waals surface area (Å²) in [5.41, 5.74) is 1.10. The number of nitro groups is 1. The Hall–Kier alpha value is -3.40. The SMILES string of the molecule is CCOc1cc(/C=N\n2c(C)nnc2SCc2ccccc2)cc([N+](=O)[O-])c1O. The molecule has 0 atom stereocenters. The molecule has 0 saturated heterocycles. The summed E-state index contributed by atoms with van der Waals surface area (Å²) < 4.78 is 6.85. The summed E-state index contributed by atoms with van der Waals surface area (Å²) in [6, 6.07) is 12.7. The molecule has 0 amide bonds. The first-order valence-corrected chi connectivity index (χ1v) is 9.75. The molecule has 0 unspecified atom stereocenters. The first-order valence-electron chi connectivity index (χ1n) is 8.77. The second-order valence-corrected chi connectivity index (χ2v) is 6.88. The summed E-state index contributed by atoms with van der Waals surface area (Å²) in [7, 11) is 0. The molecule has 29 heavy (non-hydrogen) atoms. The van der Waals surface area contributed by atoms with Gasteiger partial charge >= 0.3 is 5.69 Å². The standard InChI is InChI=1S/C19H19N5O4S/c1-3-28-17-10-15(9-16(18(17)25)24(26)27)11-20-23-13(2)21-22-19(23)29-12-14-7-5-4-6-8-14/h4-11,25H,3,12H2,1-2H3/b20-11-. The van der Waals surface area contributed by atoms with Gasteiger partial charge in [0.25, 0.3) is 0 Å². The normalized spacial score (nSPS) is 11.1. The fourth-order valence-electron chi connectivity index (χ4n) is 2.50. The Balaban J connectivity index is 1.86. The average molecular weight is 413 g/mol. The molecule has 150 valence electrons. The number of aromatic hydroxyl groups is 1. The van der Waals surface area contributed by atoms with Crippen LogP contribution in [0.15, 0.2) is 52.7 Å². The molecule has 1 N–H and O–H groups in total. The molecule has 0 aliphatic carbocycles. The highest BCUT2D eigenvalue weighted by molar-refractivity contribution is 7.98. The summed E-state index contributed by atoms with van der Waals surface area (Å²) in [5.74, 6) is 0.805. The van der Waals surface area contributed by atoms with Crippen LogP contribution in [0.3, 0.4) is 0 Å². The van der Waals surface area contributed by atoms with Gasteiger partial charge in [-0.25, -0.2) is 0 Å². The van der Waals surface area contributed by atoms with Gasteiger partial charge in [0.2, 0.25) is 10.9 Å². The van der Waals surface area contributed by atoms with Gasteiger partial charge in [0.15, 0.2) is 11.6 Å². The molecule has 0 saturated carbocycles. The van der Waals surface area contributed by atoms with E-state index in [-0.39, 0.29) is 12.4 Å². The Bertz CT molecular complexity index is 1040. The molecule has 0 aliphatic rings. The summed E-state index contributed by atoms with van der Waals surface area (Å²) >= 11 is 1.48. The van der Waals surface area contributed by atoms with E-state index in [9.17, 15) is 15.2 Å². The van der Waals surface area contributed by atoms with Gasteiger partial charge in [-0.05, 0) is 25.5 Å². The zero-order valence-electron chi connectivity index (χ0n) is 15.8. The third kappa shape index (κ3) is 4.91. The lowest BCUT2D eigenvalue weighted by Crippen LogP contribution is -1.99. The van der Waals surface area contributed by atoms with Gasteiger partial charge in [-0.2, -0.15) is 9.78 Å². The molecule has 0 radical (unpaired) electrons. The summed E-state index contributed by atoms with van der Waals surface area (Å²) in [4.78, 5) is 10.5. The lowest BCUT2D eigenvalue weighted by molar-refractivity contribution is -0.386. The van der Waals surface area contributed by atoms with Crippen LogP contribution in [0.25, 0.3) is 0 Å². The van der Waals surface area contributed by atoms with Crippen LogP contribution in [0.2, 0.25) is 0 Å². The molecule has 0 spiro atoms. The third-order valence-electron chi connectivity index (χ3n) is 3.87. The van der Waals surface area contributed by atoms with Crippen molar-refractivity contribution in [1.82, 2.24) is 14.9 Å². The number of rotatable bonds is 8.